The first-order valence-electron chi connectivity index (χ1n) is 7.98. The maximum atomic E-state index is 13.1. The fourth-order valence-corrected chi connectivity index (χ4v) is 3.50. The molecule has 0 amide bonds. The Hall–Kier alpha value is -1.65. The number of rotatable bonds is 3. The van der Waals surface area contributed by atoms with Crippen LogP contribution >= 0.6 is 0 Å². The van der Waals surface area contributed by atoms with E-state index in [1.165, 1.54) is 0 Å². The Labute approximate surface area is 131 Å². The van der Waals surface area contributed by atoms with Gasteiger partial charge in [0.15, 0.2) is 5.78 Å². The van der Waals surface area contributed by atoms with Gasteiger partial charge in [0.25, 0.3) is 0 Å². The Bertz CT molecular complexity index is 681. The standard InChI is InChI=1S/C18H24N2O2/c1-11-9-20(10-12(2)22-11)14(4)18(21)17-13(3)19-16-8-6-5-7-15(16)17/h5-8,11-12,14,19H,9-10H2,1-4H3/t11-,12+,14-/m1/s1. The zero-order chi connectivity index (χ0) is 15.9. The largest absolute Gasteiger partial charge is 0.373 e. The Morgan fingerprint density at radius 1 is 1.27 bits per heavy atom. The summed E-state index contributed by atoms with van der Waals surface area (Å²) in [5.74, 6) is 0.191. The van der Waals surface area contributed by atoms with Gasteiger partial charge in [-0.3, -0.25) is 9.69 Å². The molecule has 4 heteroatoms. The minimum atomic E-state index is -0.133. The van der Waals surface area contributed by atoms with Crippen LogP contribution in [0.5, 0.6) is 0 Å². The van der Waals surface area contributed by atoms with Crippen molar-refractivity contribution in [3.8, 4) is 0 Å². The highest BCUT2D eigenvalue weighted by Gasteiger charge is 2.31. The van der Waals surface area contributed by atoms with E-state index in [1.807, 2.05) is 38.1 Å². The highest BCUT2D eigenvalue weighted by Crippen LogP contribution is 2.25. The zero-order valence-electron chi connectivity index (χ0n) is 13.7. The number of Topliss-reactive ketones (excluding diaryl/α,β-unsaturated/α-hetero) is 1. The van der Waals surface area contributed by atoms with E-state index >= 15 is 0 Å². The van der Waals surface area contributed by atoms with Crippen molar-refractivity contribution in [3.05, 3.63) is 35.5 Å². The first-order chi connectivity index (χ1) is 10.5. The monoisotopic (exact) mass is 300 g/mol. The summed E-state index contributed by atoms with van der Waals surface area (Å²) in [6.45, 7) is 9.73. The summed E-state index contributed by atoms with van der Waals surface area (Å²) >= 11 is 0. The van der Waals surface area contributed by atoms with Gasteiger partial charge in [-0.15, -0.1) is 0 Å². The molecule has 0 spiro atoms. The van der Waals surface area contributed by atoms with Gasteiger partial charge >= 0.3 is 0 Å². The van der Waals surface area contributed by atoms with Crippen LogP contribution in [-0.4, -0.2) is 47.0 Å². The van der Waals surface area contributed by atoms with Gasteiger partial charge in [-0.1, -0.05) is 18.2 Å². The number of nitrogens with zero attached hydrogens (tertiary/aromatic N) is 1. The van der Waals surface area contributed by atoms with Crippen LogP contribution in [0.3, 0.4) is 0 Å². The number of aromatic amines is 1. The van der Waals surface area contributed by atoms with E-state index in [4.69, 9.17) is 4.74 Å². The second-order valence-electron chi connectivity index (χ2n) is 6.42. The summed E-state index contributed by atoms with van der Waals surface area (Å²) in [6, 6.07) is 7.87. The van der Waals surface area contributed by atoms with Gasteiger partial charge in [0.1, 0.15) is 0 Å². The molecule has 3 atom stereocenters. The van der Waals surface area contributed by atoms with Crippen LogP contribution in [0.25, 0.3) is 10.9 Å². The number of H-pyrrole nitrogens is 1. The van der Waals surface area contributed by atoms with Crippen molar-refractivity contribution in [1.82, 2.24) is 9.88 Å². The van der Waals surface area contributed by atoms with Crippen molar-refractivity contribution in [1.29, 1.82) is 0 Å². The maximum absolute atomic E-state index is 13.1. The van der Waals surface area contributed by atoms with Crippen LogP contribution in [0, 0.1) is 6.92 Å². The Kier molecular flexibility index (Phi) is 4.06. The zero-order valence-corrected chi connectivity index (χ0v) is 13.7. The fourth-order valence-electron chi connectivity index (χ4n) is 3.50. The molecule has 1 saturated heterocycles. The normalized spacial score (nSPS) is 24.5. The summed E-state index contributed by atoms with van der Waals surface area (Å²) in [5.41, 5.74) is 2.81. The molecule has 1 fully saturated rings. The molecule has 1 aliphatic rings. The second-order valence-corrected chi connectivity index (χ2v) is 6.42. The lowest BCUT2D eigenvalue weighted by Gasteiger charge is -2.38. The molecule has 0 saturated carbocycles. The van der Waals surface area contributed by atoms with Crippen molar-refractivity contribution in [3.63, 3.8) is 0 Å². The molecular formula is C18H24N2O2. The van der Waals surface area contributed by atoms with E-state index in [1.54, 1.807) is 0 Å². The molecule has 2 heterocycles. The number of morpholine rings is 1. The Morgan fingerprint density at radius 2 is 1.91 bits per heavy atom. The number of aryl methyl sites for hydroxylation is 1. The van der Waals surface area contributed by atoms with Gasteiger partial charge in [-0.2, -0.15) is 0 Å². The number of para-hydroxylation sites is 1. The van der Waals surface area contributed by atoms with Crippen LogP contribution in [0.2, 0.25) is 0 Å². The molecule has 1 aromatic heterocycles. The van der Waals surface area contributed by atoms with E-state index in [2.05, 4.69) is 23.7 Å². The molecule has 0 radical (unpaired) electrons. The van der Waals surface area contributed by atoms with Crippen LogP contribution in [0.15, 0.2) is 24.3 Å². The van der Waals surface area contributed by atoms with Crippen LogP contribution < -0.4 is 0 Å². The summed E-state index contributed by atoms with van der Waals surface area (Å²) in [5, 5.41) is 1.02. The van der Waals surface area contributed by atoms with Crippen LogP contribution in [0.1, 0.15) is 36.8 Å². The molecule has 0 unspecified atom stereocenters. The Balaban J connectivity index is 1.90. The number of carbonyl (C=O) groups is 1. The minimum Gasteiger partial charge on any atom is -0.373 e. The van der Waals surface area contributed by atoms with Gasteiger partial charge in [0.05, 0.1) is 18.2 Å². The number of ether oxygens (including phenoxy) is 1. The predicted molar refractivity (Wildman–Crippen MR) is 88.4 cm³/mol. The quantitative estimate of drug-likeness (QED) is 0.886. The first-order valence-corrected chi connectivity index (χ1v) is 7.98. The topological polar surface area (TPSA) is 45.3 Å². The summed E-state index contributed by atoms with van der Waals surface area (Å²) in [6.07, 6.45) is 0.339. The smallest absolute Gasteiger partial charge is 0.182 e. The molecule has 2 aromatic rings. The van der Waals surface area contributed by atoms with Crippen LogP contribution in [-0.2, 0) is 4.74 Å². The van der Waals surface area contributed by atoms with Gasteiger partial charge in [-0.25, -0.2) is 0 Å². The van der Waals surface area contributed by atoms with E-state index in [0.717, 1.165) is 35.2 Å². The van der Waals surface area contributed by atoms with Crippen molar-refractivity contribution in [2.24, 2.45) is 0 Å². The van der Waals surface area contributed by atoms with Gasteiger partial charge in [0.2, 0.25) is 0 Å². The third-order valence-electron chi connectivity index (χ3n) is 4.51. The van der Waals surface area contributed by atoms with Crippen LogP contribution in [0.4, 0.5) is 0 Å². The Morgan fingerprint density at radius 3 is 2.59 bits per heavy atom. The number of hydrogen-bond acceptors (Lipinski definition) is 3. The second kappa shape index (κ2) is 5.86. The molecule has 118 valence electrons. The van der Waals surface area contributed by atoms with Crippen molar-refractivity contribution >= 4 is 16.7 Å². The molecule has 3 rings (SSSR count). The number of ketones is 1. The van der Waals surface area contributed by atoms with E-state index < -0.39 is 0 Å². The number of benzene rings is 1. The lowest BCUT2D eigenvalue weighted by molar-refractivity contribution is -0.0744. The predicted octanol–water partition coefficient (Wildman–Crippen LogP) is 3.16. The molecule has 0 bridgehead atoms. The first kappa shape index (κ1) is 15.3. The SMILES string of the molecule is Cc1[nH]c2ccccc2c1C(=O)[C@@H](C)N1C[C@@H](C)O[C@@H](C)C1. The highest BCUT2D eigenvalue weighted by atomic mass is 16.5. The van der Waals surface area contributed by atoms with E-state index in [0.29, 0.717) is 0 Å². The van der Waals surface area contributed by atoms with Crippen molar-refractivity contribution < 1.29 is 9.53 Å². The van der Waals surface area contributed by atoms with E-state index in [-0.39, 0.29) is 24.0 Å². The van der Waals surface area contributed by atoms with Gasteiger partial charge < -0.3 is 9.72 Å². The molecule has 1 aliphatic heterocycles. The number of hydrogen-bond donors (Lipinski definition) is 1. The molecule has 0 aliphatic carbocycles. The number of fused-ring (bicyclic) bond motifs is 1. The molecular weight excluding hydrogens is 276 g/mol. The molecule has 1 aromatic carbocycles. The maximum Gasteiger partial charge on any atom is 0.182 e. The lowest BCUT2D eigenvalue weighted by Crippen LogP contribution is -2.51. The third kappa shape index (κ3) is 2.69. The number of aromatic nitrogens is 1. The summed E-state index contributed by atoms with van der Waals surface area (Å²) in [7, 11) is 0. The number of carbonyl (C=O) groups excluding carboxylic acids is 1. The van der Waals surface area contributed by atoms with Gasteiger partial charge in [-0.05, 0) is 33.8 Å². The van der Waals surface area contributed by atoms with Crippen molar-refractivity contribution in [2.45, 2.75) is 45.9 Å². The summed E-state index contributed by atoms with van der Waals surface area (Å²) < 4.78 is 5.77. The van der Waals surface area contributed by atoms with Gasteiger partial charge in [0, 0.05) is 35.2 Å². The average molecular weight is 300 g/mol. The third-order valence-corrected chi connectivity index (χ3v) is 4.51. The fraction of sp³-hybridized carbons (Fsp3) is 0.500. The van der Waals surface area contributed by atoms with E-state index in [9.17, 15) is 4.79 Å². The molecule has 1 N–H and O–H groups in total. The average Bonchev–Trinajstić information content (AvgIpc) is 2.80. The lowest BCUT2D eigenvalue weighted by atomic mass is 10.00. The number of nitrogens with one attached hydrogen (secondary N) is 1. The molecule has 4 nitrogen and oxygen atoms in total. The van der Waals surface area contributed by atoms with Crippen molar-refractivity contribution in [2.75, 3.05) is 13.1 Å². The highest BCUT2D eigenvalue weighted by molar-refractivity contribution is 6.11. The minimum absolute atomic E-state index is 0.133. The molecule has 22 heavy (non-hydrogen) atoms. The summed E-state index contributed by atoms with van der Waals surface area (Å²) in [4.78, 5) is 18.6.